The van der Waals surface area contributed by atoms with Crippen molar-refractivity contribution < 1.29 is 9.13 Å². The van der Waals surface area contributed by atoms with Gasteiger partial charge >= 0.3 is 0 Å². The first-order chi connectivity index (χ1) is 9.29. The van der Waals surface area contributed by atoms with Crippen molar-refractivity contribution in [3.05, 3.63) is 35.1 Å². The SMILES string of the molecule is NCC#Cc1cc(COCCC2CCC2)ccc1F. The molecule has 1 fully saturated rings. The molecule has 0 spiro atoms. The van der Waals surface area contributed by atoms with Gasteiger partial charge in [-0.1, -0.05) is 37.2 Å². The van der Waals surface area contributed by atoms with Crippen molar-refractivity contribution in [3.63, 3.8) is 0 Å². The van der Waals surface area contributed by atoms with Crippen LogP contribution in [0.25, 0.3) is 0 Å². The van der Waals surface area contributed by atoms with Gasteiger partial charge in [-0.2, -0.15) is 0 Å². The molecule has 0 saturated heterocycles. The number of hydrogen-bond donors (Lipinski definition) is 1. The third-order valence-corrected chi connectivity index (χ3v) is 3.52. The lowest BCUT2D eigenvalue weighted by molar-refractivity contribution is 0.0949. The Morgan fingerprint density at radius 1 is 1.37 bits per heavy atom. The number of benzene rings is 1. The number of rotatable bonds is 5. The Morgan fingerprint density at radius 2 is 2.21 bits per heavy atom. The van der Waals surface area contributed by atoms with Gasteiger partial charge in [-0.05, 0) is 30.0 Å². The van der Waals surface area contributed by atoms with Crippen molar-refractivity contribution in [1.29, 1.82) is 0 Å². The summed E-state index contributed by atoms with van der Waals surface area (Å²) in [6.45, 7) is 1.54. The summed E-state index contributed by atoms with van der Waals surface area (Å²) in [5, 5.41) is 0. The summed E-state index contributed by atoms with van der Waals surface area (Å²) in [5.41, 5.74) is 6.64. The van der Waals surface area contributed by atoms with Crippen molar-refractivity contribution in [2.45, 2.75) is 32.3 Å². The number of hydrogen-bond acceptors (Lipinski definition) is 2. The van der Waals surface area contributed by atoms with E-state index in [0.717, 1.165) is 24.5 Å². The maximum Gasteiger partial charge on any atom is 0.138 e. The van der Waals surface area contributed by atoms with E-state index in [2.05, 4.69) is 11.8 Å². The predicted octanol–water partition coefficient (Wildman–Crippen LogP) is 2.84. The van der Waals surface area contributed by atoms with Crippen molar-refractivity contribution in [2.24, 2.45) is 11.7 Å². The Hall–Kier alpha value is -1.37. The molecule has 0 aliphatic heterocycles. The highest BCUT2D eigenvalue weighted by atomic mass is 19.1. The molecule has 1 aliphatic rings. The zero-order chi connectivity index (χ0) is 13.5. The molecule has 1 aromatic carbocycles. The fraction of sp³-hybridized carbons (Fsp3) is 0.500. The van der Waals surface area contributed by atoms with Crippen LogP contribution in [-0.2, 0) is 11.3 Å². The first kappa shape index (κ1) is 14.0. The summed E-state index contributed by atoms with van der Waals surface area (Å²) in [7, 11) is 0. The second-order valence-corrected chi connectivity index (χ2v) is 4.96. The van der Waals surface area contributed by atoms with E-state index in [1.807, 2.05) is 0 Å². The van der Waals surface area contributed by atoms with Crippen LogP contribution in [0.3, 0.4) is 0 Å². The highest BCUT2D eigenvalue weighted by molar-refractivity contribution is 5.38. The second kappa shape index (κ2) is 7.28. The van der Waals surface area contributed by atoms with E-state index >= 15 is 0 Å². The largest absolute Gasteiger partial charge is 0.377 e. The minimum atomic E-state index is -0.306. The van der Waals surface area contributed by atoms with E-state index in [-0.39, 0.29) is 12.4 Å². The fourth-order valence-electron chi connectivity index (χ4n) is 2.13. The van der Waals surface area contributed by atoms with Crippen LogP contribution >= 0.6 is 0 Å². The summed E-state index contributed by atoms with van der Waals surface area (Å²) < 4.78 is 19.1. The van der Waals surface area contributed by atoms with Crippen LogP contribution in [-0.4, -0.2) is 13.2 Å². The Labute approximate surface area is 114 Å². The summed E-state index contributed by atoms with van der Waals surface area (Å²) in [6.07, 6.45) is 5.20. The van der Waals surface area contributed by atoms with Crippen molar-refractivity contribution in [1.82, 2.24) is 0 Å². The lowest BCUT2D eigenvalue weighted by Gasteiger charge is -2.24. The monoisotopic (exact) mass is 261 g/mol. The second-order valence-electron chi connectivity index (χ2n) is 4.96. The molecule has 0 bridgehead atoms. The van der Waals surface area contributed by atoms with Crippen LogP contribution in [0.1, 0.15) is 36.8 Å². The van der Waals surface area contributed by atoms with Crippen molar-refractivity contribution >= 4 is 0 Å². The molecule has 2 rings (SSSR count). The first-order valence-corrected chi connectivity index (χ1v) is 6.84. The van der Waals surface area contributed by atoms with Crippen LogP contribution in [0.15, 0.2) is 18.2 Å². The van der Waals surface area contributed by atoms with E-state index < -0.39 is 0 Å². The van der Waals surface area contributed by atoms with Gasteiger partial charge in [0.05, 0.1) is 18.7 Å². The van der Waals surface area contributed by atoms with Gasteiger partial charge in [0.15, 0.2) is 0 Å². The minimum Gasteiger partial charge on any atom is -0.377 e. The van der Waals surface area contributed by atoms with E-state index in [0.29, 0.717) is 12.2 Å². The molecule has 3 heteroatoms. The third kappa shape index (κ3) is 4.34. The van der Waals surface area contributed by atoms with E-state index in [1.54, 1.807) is 12.1 Å². The Morgan fingerprint density at radius 3 is 2.89 bits per heavy atom. The molecule has 19 heavy (non-hydrogen) atoms. The molecular formula is C16H20FNO. The number of halogens is 1. The van der Waals surface area contributed by atoms with Gasteiger partial charge in [-0.15, -0.1) is 0 Å². The van der Waals surface area contributed by atoms with Crippen molar-refractivity contribution in [3.8, 4) is 11.8 Å². The van der Waals surface area contributed by atoms with Gasteiger partial charge in [0.25, 0.3) is 0 Å². The Balaban J connectivity index is 1.82. The third-order valence-electron chi connectivity index (χ3n) is 3.52. The highest BCUT2D eigenvalue weighted by Crippen LogP contribution is 2.29. The van der Waals surface area contributed by atoms with E-state index in [4.69, 9.17) is 10.5 Å². The molecule has 102 valence electrons. The summed E-state index contributed by atoms with van der Waals surface area (Å²) in [6, 6.07) is 4.92. The summed E-state index contributed by atoms with van der Waals surface area (Å²) in [4.78, 5) is 0. The molecule has 0 heterocycles. The van der Waals surface area contributed by atoms with E-state index in [9.17, 15) is 4.39 Å². The topological polar surface area (TPSA) is 35.2 Å². The molecule has 0 radical (unpaired) electrons. The maximum atomic E-state index is 13.5. The van der Waals surface area contributed by atoms with Gasteiger partial charge in [0.1, 0.15) is 5.82 Å². The summed E-state index contributed by atoms with van der Waals surface area (Å²) in [5.74, 6) is 5.96. The van der Waals surface area contributed by atoms with Crippen LogP contribution in [0.4, 0.5) is 4.39 Å². The van der Waals surface area contributed by atoms with Crippen LogP contribution in [0.5, 0.6) is 0 Å². The Bertz CT molecular complexity index is 471. The van der Waals surface area contributed by atoms with Gasteiger partial charge in [-0.3, -0.25) is 0 Å². The minimum absolute atomic E-state index is 0.238. The molecule has 2 nitrogen and oxygen atoms in total. The predicted molar refractivity (Wildman–Crippen MR) is 73.9 cm³/mol. The lowest BCUT2D eigenvalue weighted by Crippen LogP contribution is -2.13. The lowest BCUT2D eigenvalue weighted by atomic mass is 9.83. The van der Waals surface area contributed by atoms with Gasteiger partial charge in [0.2, 0.25) is 0 Å². The van der Waals surface area contributed by atoms with Crippen LogP contribution in [0, 0.1) is 23.6 Å². The van der Waals surface area contributed by atoms with E-state index in [1.165, 1.54) is 25.3 Å². The first-order valence-electron chi connectivity index (χ1n) is 6.84. The molecule has 0 amide bonds. The average molecular weight is 261 g/mol. The van der Waals surface area contributed by atoms with Gasteiger partial charge in [0, 0.05) is 6.61 Å². The average Bonchev–Trinajstić information content (AvgIpc) is 2.36. The molecule has 0 atom stereocenters. The Kier molecular flexibility index (Phi) is 5.38. The van der Waals surface area contributed by atoms with Crippen molar-refractivity contribution in [2.75, 3.05) is 13.2 Å². The standard InChI is InChI=1S/C16H20FNO/c17-16-7-6-14(11-15(16)5-2-9-18)12-19-10-8-13-3-1-4-13/h6-7,11,13H,1,3-4,8-10,12,18H2. The molecular weight excluding hydrogens is 241 g/mol. The van der Waals surface area contributed by atoms with Gasteiger partial charge in [-0.25, -0.2) is 4.39 Å². The number of nitrogens with two attached hydrogens (primary N) is 1. The highest BCUT2D eigenvalue weighted by Gasteiger charge is 2.16. The molecule has 1 aliphatic carbocycles. The normalized spacial score (nSPS) is 14.6. The van der Waals surface area contributed by atoms with Gasteiger partial charge < -0.3 is 10.5 Å². The zero-order valence-electron chi connectivity index (χ0n) is 11.1. The molecule has 2 N–H and O–H groups in total. The zero-order valence-corrected chi connectivity index (χ0v) is 11.1. The van der Waals surface area contributed by atoms with Crippen LogP contribution < -0.4 is 5.73 Å². The maximum absolute atomic E-state index is 13.5. The number of ether oxygens (including phenoxy) is 1. The molecule has 1 saturated carbocycles. The molecule has 1 aromatic rings. The van der Waals surface area contributed by atoms with Crippen LogP contribution in [0.2, 0.25) is 0 Å². The fourth-order valence-corrected chi connectivity index (χ4v) is 2.13. The molecule has 0 unspecified atom stereocenters. The quantitative estimate of drug-likeness (QED) is 0.653. The molecule has 0 aromatic heterocycles. The summed E-state index contributed by atoms with van der Waals surface area (Å²) >= 11 is 0. The smallest absolute Gasteiger partial charge is 0.138 e.